The Morgan fingerprint density at radius 1 is 1.24 bits per heavy atom. The van der Waals surface area contributed by atoms with Gasteiger partial charge in [-0.2, -0.15) is 0 Å². The lowest BCUT2D eigenvalue weighted by molar-refractivity contribution is 0.267. The van der Waals surface area contributed by atoms with Crippen LogP contribution in [0.2, 0.25) is 0 Å². The first-order chi connectivity index (χ1) is 12.1. The smallest absolute Gasteiger partial charge is 0.173 e. The standard InChI is InChI=1S/C19H26N4OS/c1-3-16-6-4-7-17(13-16)20-19(25)23-9-5-8-22(10-11-23)14-18-12-15(2)24-21-18/h4,6-7,12-13H,3,5,8-11,14H2,1-2H3,(H,20,25). The summed E-state index contributed by atoms with van der Waals surface area (Å²) in [7, 11) is 0. The van der Waals surface area contributed by atoms with Crippen molar-refractivity contribution in [3.63, 3.8) is 0 Å². The van der Waals surface area contributed by atoms with Crippen LogP contribution in [0.5, 0.6) is 0 Å². The third-order valence-corrected chi connectivity index (χ3v) is 4.88. The first kappa shape index (κ1) is 17.9. The zero-order valence-corrected chi connectivity index (χ0v) is 15.8. The number of hydrogen-bond acceptors (Lipinski definition) is 4. The van der Waals surface area contributed by atoms with Crippen LogP contribution in [0.15, 0.2) is 34.9 Å². The largest absolute Gasteiger partial charge is 0.361 e. The molecule has 2 heterocycles. The molecule has 0 bridgehead atoms. The predicted molar refractivity (Wildman–Crippen MR) is 105 cm³/mol. The minimum Gasteiger partial charge on any atom is -0.361 e. The molecule has 0 unspecified atom stereocenters. The SMILES string of the molecule is CCc1cccc(NC(=S)N2CCCN(Cc3cc(C)on3)CC2)c1. The monoisotopic (exact) mass is 358 g/mol. The molecular weight excluding hydrogens is 332 g/mol. The van der Waals surface area contributed by atoms with Crippen LogP contribution >= 0.6 is 12.2 Å². The molecule has 134 valence electrons. The van der Waals surface area contributed by atoms with E-state index >= 15 is 0 Å². The number of nitrogens with zero attached hydrogens (tertiary/aromatic N) is 3. The topological polar surface area (TPSA) is 44.5 Å². The molecule has 1 aromatic carbocycles. The average Bonchev–Trinajstić information content (AvgIpc) is 2.88. The van der Waals surface area contributed by atoms with Crippen molar-refractivity contribution in [3.8, 4) is 0 Å². The molecule has 0 spiro atoms. The Hall–Kier alpha value is -1.92. The number of hydrogen-bond donors (Lipinski definition) is 1. The van der Waals surface area contributed by atoms with E-state index in [1.165, 1.54) is 5.56 Å². The number of anilines is 1. The maximum atomic E-state index is 5.64. The van der Waals surface area contributed by atoms with Gasteiger partial charge >= 0.3 is 0 Å². The summed E-state index contributed by atoms with van der Waals surface area (Å²) in [5.41, 5.74) is 3.39. The first-order valence-corrected chi connectivity index (χ1v) is 9.34. The predicted octanol–water partition coefficient (Wildman–Crippen LogP) is 3.45. The minimum absolute atomic E-state index is 0.812. The van der Waals surface area contributed by atoms with Crippen molar-refractivity contribution in [2.75, 3.05) is 31.5 Å². The number of aryl methyl sites for hydroxylation is 2. The van der Waals surface area contributed by atoms with E-state index in [-0.39, 0.29) is 0 Å². The summed E-state index contributed by atoms with van der Waals surface area (Å²) in [4.78, 5) is 4.68. The normalized spacial score (nSPS) is 15.8. The van der Waals surface area contributed by atoms with Gasteiger partial charge in [0.1, 0.15) is 5.76 Å². The summed E-state index contributed by atoms with van der Waals surface area (Å²) >= 11 is 5.64. The summed E-state index contributed by atoms with van der Waals surface area (Å²) in [6.45, 7) is 8.86. The Kier molecular flexibility index (Phi) is 6.04. The highest BCUT2D eigenvalue weighted by Crippen LogP contribution is 2.14. The number of nitrogens with one attached hydrogen (secondary N) is 1. The van der Waals surface area contributed by atoms with Gasteiger partial charge in [-0.1, -0.05) is 24.2 Å². The molecule has 5 nitrogen and oxygen atoms in total. The highest BCUT2D eigenvalue weighted by atomic mass is 32.1. The molecule has 1 fully saturated rings. The maximum absolute atomic E-state index is 5.64. The van der Waals surface area contributed by atoms with Crippen LogP contribution in [0.3, 0.4) is 0 Å². The number of benzene rings is 1. The minimum atomic E-state index is 0.812. The fraction of sp³-hybridized carbons (Fsp3) is 0.474. The zero-order valence-electron chi connectivity index (χ0n) is 15.0. The summed E-state index contributed by atoms with van der Waals surface area (Å²) in [5, 5.41) is 8.30. The van der Waals surface area contributed by atoms with Crippen molar-refractivity contribution in [3.05, 3.63) is 47.3 Å². The molecule has 0 radical (unpaired) electrons. The van der Waals surface area contributed by atoms with Crippen molar-refractivity contribution in [1.29, 1.82) is 0 Å². The van der Waals surface area contributed by atoms with Gasteiger partial charge in [-0.05, 0) is 49.7 Å². The van der Waals surface area contributed by atoms with Crippen molar-refractivity contribution in [2.45, 2.75) is 33.2 Å². The molecule has 1 aromatic heterocycles. The van der Waals surface area contributed by atoms with Gasteiger partial charge < -0.3 is 14.7 Å². The van der Waals surface area contributed by atoms with E-state index in [2.05, 4.69) is 51.5 Å². The maximum Gasteiger partial charge on any atom is 0.173 e. The molecule has 1 saturated heterocycles. The molecule has 25 heavy (non-hydrogen) atoms. The van der Waals surface area contributed by atoms with Crippen LogP contribution in [-0.4, -0.2) is 46.2 Å². The Morgan fingerprint density at radius 3 is 2.88 bits per heavy atom. The van der Waals surface area contributed by atoms with E-state index in [1.54, 1.807) is 0 Å². The molecule has 1 aliphatic heterocycles. The van der Waals surface area contributed by atoms with Crippen LogP contribution in [0.1, 0.15) is 30.4 Å². The van der Waals surface area contributed by atoms with Crippen molar-refractivity contribution < 1.29 is 4.52 Å². The van der Waals surface area contributed by atoms with Crippen LogP contribution in [0, 0.1) is 6.92 Å². The van der Waals surface area contributed by atoms with Crippen LogP contribution in [0.25, 0.3) is 0 Å². The van der Waals surface area contributed by atoms with Gasteiger partial charge in [-0.3, -0.25) is 4.90 Å². The average molecular weight is 359 g/mol. The molecule has 0 aliphatic carbocycles. The van der Waals surface area contributed by atoms with Gasteiger partial charge in [0.25, 0.3) is 0 Å². The molecule has 0 atom stereocenters. The van der Waals surface area contributed by atoms with Gasteiger partial charge in [0.05, 0.1) is 5.69 Å². The van der Waals surface area contributed by atoms with Gasteiger partial charge in [0.2, 0.25) is 0 Å². The van der Waals surface area contributed by atoms with Gasteiger partial charge in [-0.25, -0.2) is 0 Å². The number of thiocarbonyl (C=S) groups is 1. The molecule has 6 heteroatoms. The van der Waals surface area contributed by atoms with Crippen LogP contribution < -0.4 is 5.32 Å². The fourth-order valence-electron chi connectivity index (χ4n) is 3.13. The number of rotatable bonds is 4. The molecule has 3 rings (SSSR count). The summed E-state index contributed by atoms with van der Waals surface area (Å²) in [5.74, 6) is 0.867. The lowest BCUT2D eigenvalue weighted by Crippen LogP contribution is -2.37. The Bertz CT molecular complexity index is 715. The summed E-state index contributed by atoms with van der Waals surface area (Å²) < 4.78 is 5.16. The van der Waals surface area contributed by atoms with E-state index in [4.69, 9.17) is 16.7 Å². The van der Waals surface area contributed by atoms with E-state index in [1.807, 2.05) is 13.0 Å². The van der Waals surface area contributed by atoms with Crippen LogP contribution in [-0.2, 0) is 13.0 Å². The van der Waals surface area contributed by atoms with Gasteiger partial charge in [-0.15, -0.1) is 0 Å². The first-order valence-electron chi connectivity index (χ1n) is 8.93. The van der Waals surface area contributed by atoms with Gasteiger partial charge in [0, 0.05) is 44.5 Å². The van der Waals surface area contributed by atoms with E-state index in [0.717, 1.165) is 67.8 Å². The number of aromatic nitrogens is 1. The van der Waals surface area contributed by atoms with E-state index in [9.17, 15) is 0 Å². The Morgan fingerprint density at radius 2 is 2.12 bits per heavy atom. The van der Waals surface area contributed by atoms with E-state index in [0.29, 0.717) is 0 Å². The quantitative estimate of drug-likeness (QED) is 0.845. The zero-order chi connectivity index (χ0) is 17.6. The lowest BCUT2D eigenvalue weighted by atomic mass is 10.1. The third-order valence-electron chi connectivity index (χ3n) is 4.52. The highest BCUT2D eigenvalue weighted by Gasteiger charge is 2.18. The highest BCUT2D eigenvalue weighted by molar-refractivity contribution is 7.80. The van der Waals surface area contributed by atoms with Crippen molar-refractivity contribution in [1.82, 2.24) is 15.0 Å². The van der Waals surface area contributed by atoms with Gasteiger partial charge in [0.15, 0.2) is 5.11 Å². The molecular formula is C19H26N4OS. The summed E-state index contributed by atoms with van der Waals surface area (Å²) in [6, 6.07) is 10.5. The Labute approximate surface area is 155 Å². The molecule has 0 amide bonds. The van der Waals surface area contributed by atoms with Crippen molar-refractivity contribution in [2.24, 2.45) is 0 Å². The second-order valence-electron chi connectivity index (χ2n) is 6.53. The third kappa shape index (κ3) is 5.03. The van der Waals surface area contributed by atoms with Crippen molar-refractivity contribution >= 4 is 23.0 Å². The second kappa shape index (κ2) is 8.45. The fourth-order valence-corrected chi connectivity index (χ4v) is 3.43. The Balaban J connectivity index is 1.54. The molecule has 1 aliphatic rings. The van der Waals surface area contributed by atoms with Crippen LogP contribution in [0.4, 0.5) is 5.69 Å². The van der Waals surface area contributed by atoms with E-state index < -0.39 is 0 Å². The molecule has 2 aromatic rings. The lowest BCUT2D eigenvalue weighted by Gasteiger charge is -2.24. The molecule has 1 N–H and O–H groups in total. The summed E-state index contributed by atoms with van der Waals surface area (Å²) in [6.07, 6.45) is 2.12. The second-order valence-corrected chi connectivity index (χ2v) is 6.92. The molecule has 0 saturated carbocycles.